The molecule has 1 aromatic heterocycles. The number of amides is 1. The third-order valence-corrected chi connectivity index (χ3v) is 2.83. The summed E-state index contributed by atoms with van der Waals surface area (Å²) >= 11 is 0. The topological polar surface area (TPSA) is 59.0 Å². The fourth-order valence-corrected chi connectivity index (χ4v) is 1.81. The van der Waals surface area contributed by atoms with Gasteiger partial charge in [-0.15, -0.1) is 0 Å². The van der Waals surface area contributed by atoms with Crippen LogP contribution < -0.4 is 10.6 Å². The van der Waals surface area contributed by atoms with Crippen LogP contribution in [0.5, 0.6) is 0 Å². The van der Waals surface area contributed by atoms with Gasteiger partial charge in [0.15, 0.2) is 0 Å². The Morgan fingerprint density at radius 1 is 1.36 bits per heavy atom. The van der Waals surface area contributed by atoms with Crippen molar-refractivity contribution in [1.29, 1.82) is 0 Å². The van der Waals surface area contributed by atoms with Gasteiger partial charge in [-0.05, 0) is 25.1 Å². The molecular weight excluding hydrogens is 297 g/mol. The number of hydrogen-bond acceptors (Lipinski definition) is 3. The number of alkyl halides is 2. The summed E-state index contributed by atoms with van der Waals surface area (Å²) in [6, 6.07) is 4.87. The molecule has 0 radical (unpaired) electrons. The molecule has 0 spiro atoms. The van der Waals surface area contributed by atoms with E-state index in [0.717, 1.165) is 4.68 Å². The Hall–Kier alpha value is -2.51. The van der Waals surface area contributed by atoms with Crippen molar-refractivity contribution in [2.75, 3.05) is 10.6 Å². The van der Waals surface area contributed by atoms with Crippen LogP contribution in [-0.2, 0) is 11.3 Å². The predicted octanol–water partition coefficient (Wildman–Crippen LogP) is 2.73. The van der Waals surface area contributed by atoms with Gasteiger partial charge in [0, 0.05) is 11.9 Å². The Kier molecular flexibility index (Phi) is 5.03. The summed E-state index contributed by atoms with van der Waals surface area (Å²) in [6.45, 7) is 1.09. The van der Waals surface area contributed by atoms with Gasteiger partial charge >= 0.3 is 0 Å². The number of aromatic nitrogens is 2. The second kappa shape index (κ2) is 6.97. The van der Waals surface area contributed by atoms with E-state index in [-0.39, 0.29) is 5.91 Å². The van der Waals surface area contributed by atoms with E-state index < -0.39 is 24.8 Å². The highest BCUT2D eigenvalue weighted by Crippen LogP contribution is 2.12. The van der Waals surface area contributed by atoms with Gasteiger partial charge in [0.1, 0.15) is 18.4 Å². The Balaban J connectivity index is 1.92. The summed E-state index contributed by atoms with van der Waals surface area (Å²) in [5.41, 5.74) is 0.787. The van der Waals surface area contributed by atoms with Gasteiger partial charge < -0.3 is 10.6 Å². The Bertz CT molecular complexity index is 645. The van der Waals surface area contributed by atoms with Crippen molar-refractivity contribution in [3.8, 4) is 0 Å². The Morgan fingerprint density at radius 3 is 2.82 bits per heavy atom. The van der Waals surface area contributed by atoms with Crippen LogP contribution in [-0.4, -0.2) is 28.2 Å². The molecule has 1 unspecified atom stereocenters. The summed E-state index contributed by atoms with van der Waals surface area (Å²) in [4.78, 5) is 12.0. The number of rotatable bonds is 6. The highest BCUT2D eigenvalue weighted by atomic mass is 19.3. The van der Waals surface area contributed by atoms with Crippen LogP contribution in [0.15, 0.2) is 36.7 Å². The zero-order valence-electron chi connectivity index (χ0n) is 11.8. The van der Waals surface area contributed by atoms with Crippen LogP contribution in [0.1, 0.15) is 6.92 Å². The average molecular weight is 312 g/mol. The van der Waals surface area contributed by atoms with Crippen molar-refractivity contribution in [3.05, 3.63) is 42.5 Å². The number of benzene rings is 1. The van der Waals surface area contributed by atoms with Crippen molar-refractivity contribution in [2.24, 2.45) is 0 Å². The van der Waals surface area contributed by atoms with Gasteiger partial charge in [-0.25, -0.2) is 13.2 Å². The number of hydrogen-bond donors (Lipinski definition) is 2. The van der Waals surface area contributed by atoms with Crippen LogP contribution in [0.4, 0.5) is 24.5 Å². The lowest BCUT2D eigenvalue weighted by Crippen LogP contribution is -2.31. The summed E-state index contributed by atoms with van der Waals surface area (Å²) in [7, 11) is 0. The van der Waals surface area contributed by atoms with Crippen molar-refractivity contribution in [2.45, 2.75) is 25.9 Å². The van der Waals surface area contributed by atoms with Gasteiger partial charge in [-0.3, -0.25) is 9.48 Å². The van der Waals surface area contributed by atoms with Gasteiger partial charge in [-0.2, -0.15) is 5.10 Å². The molecule has 5 nitrogen and oxygen atoms in total. The fraction of sp³-hybridized carbons (Fsp3) is 0.286. The van der Waals surface area contributed by atoms with Gasteiger partial charge in [0.25, 0.3) is 6.43 Å². The van der Waals surface area contributed by atoms with E-state index in [1.54, 1.807) is 13.0 Å². The van der Waals surface area contributed by atoms with Crippen molar-refractivity contribution < 1.29 is 18.0 Å². The van der Waals surface area contributed by atoms with E-state index in [9.17, 15) is 18.0 Å². The van der Waals surface area contributed by atoms with Crippen LogP contribution in [0.3, 0.4) is 0 Å². The lowest BCUT2D eigenvalue weighted by atomic mass is 10.2. The van der Waals surface area contributed by atoms with Crippen molar-refractivity contribution >= 4 is 17.3 Å². The number of nitrogens with zero attached hydrogens (tertiary/aromatic N) is 2. The van der Waals surface area contributed by atoms with Gasteiger partial charge in [0.2, 0.25) is 5.91 Å². The second-order valence-corrected chi connectivity index (χ2v) is 4.71. The van der Waals surface area contributed by atoms with Crippen LogP contribution in [0.2, 0.25) is 0 Å². The first-order valence-corrected chi connectivity index (χ1v) is 6.57. The molecule has 1 atom stereocenters. The van der Waals surface area contributed by atoms with Crippen LogP contribution in [0, 0.1) is 5.82 Å². The summed E-state index contributed by atoms with van der Waals surface area (Å²) < 4.78 is 38.6. The first kappa shape index (κ1) is 15.9. The van der Waals surface area contributed by atoms with Crippen LogP contribution >= 0.6 is 0 Å². The maximum absolute atomic E-state index is 13.0. The molecule has 8 heteroatoms. The number of anilines is 2. The monoisotopic (exact) mass is 312 g/mol. The van der Waals surface area contributed by atoms with Crippen molar-refractivity contribution in [1.82, 2.24) is 9.78 Å². The third-order valence-electron chi connectivity index (χ3n) is 2.83. The molecule has 0 aliphatic rings. The minimum absolute atomic E-state index is 0.340. The van der Waals surface area contributed by atoms with E-state index in [2.05, 4.69) is 15.7 Å². The Labute approximate surface area is 125 Å². The normalized spacial score (nSPS) is 12.2. The zero-order valence-corrected chi connectivity index (χ0v) is 11.8. The van der Waals surface area contributed by atoms with E-state index in [0.29, 0.717) is 11.4 Å². The molecule has 2 N–H and O–H groups in total. The lowest BCUT2D eigenvalue weighted by Gasteiger charge is -2.13. The highest BCUT2D eigenvalue weighted by molar-refractivity contribution is 5.96. The molecule has 1 heterocycles. The van der Waals surface area contributed by atoms with Gasteiger partial charge in [0.05, 0.1) is 11.9 Å². The first-order valence-electron chi connectivity index (χ1n) is 6.57. The average Bonchev–Trinajstić information content (AvgIpc) is 2.85. The molecule has 22 heavy (non-hydrogen) atoms. The summed E-state index contributed by atoms with van der Waals surface area (Å²) in [5, 5.41) is 9.15. The number of halogens is 3. The van der Waals surface area contributed by atoms with E-state index in [1.165, 1.54) is 30.6 Å². The summed E-state index contributed by atoms with van der Waals surface area (Å²) in [6.07, 6.45) is 0.244. The van der Waals surface area contributed by atoms with Crippen LogP contribution in [0.25, 0.3) is 0 Å². The fourth-order valence-electron chi connectivity index (χ4n) is 1.81. The van der Waals surface area contributed by atoms with Gasteiger partial charge in [-0.1, -0.05) is 6.07 Å². The summed E-state index contributed by atoms with van der Waals surface area (Å²) in [5.74, 6) is -0.834. The molecule has 0 saturated carbocycles. The van der Waals surface area contributed by atoms with Crippen molar-refractivity contribution in [3.63, 3.8) is 0 Å². The maximum Gasteiger partial charge on any atom is 0.257 e. The number of carbonyl (C=O) groups is 1. The maximum atomic E-state index is 13.0. The molecule has 0 aliphatic carbocycles. The molecule has 1 aromatic carbocycles. The quantitative estimate of drug-likeness (QED) is 0.862. The molecule has 0 fully saturated rings. The lowest BCUT2D eigenvalue weighted by molar-refractivity contribution is -0.116. The molecule has 0 bridgehead atoms. The Morgan fingerprint density at radius 2 is 2.14 bits per heavy atom. The molecule has 2 rings (SSSR count). The van der Waals surface area contributed by atoms with E-state index >= 15 is 0 Å². The second-order valence-electron chi connectivity index (χ2n) is 4.71. The van der Waals surface area contributed by atoms with E-state index in [1.807, 2.05) is 0 Å². The molecular formula is C14H15F3N4O. The standard InChI is InChI=1S/C14H15F3N4O/c1-9(14(22)20-11-4-2-3-10(15)5-11)19-12-6-18-21(7-12)8-13(16)17/h2-7,9,13,19H,8H2,1H3,(H,20,22). The highest BCUT2D eigenvalue weighted by Gasteiger charge is 2.14. The molecule has 118 valence electrons. The smallest absolute Gasteiger partial charge is 0.257 e. The molecule has 1 amide bonds. The SMILES string of the molecule is CC(Nc1cnn(CC(F)F)c1)C(=O)Nc1cccc(F)c1. The molecule has 0 saturated heterocycles. The van der Waals surface area contributed by atoms with E-state index in [4.69, 9.17) is 0 Å². The molecule has 0 aliphatic heterocycles. The zero-order chi connectivity index (χ0) is 16.1. The number of nitrogens with one attached hydrogen (secondary N) is 2. The third kappa shape index (κ3) is 4.51. The minimum atomic E-state index is -2.50. The first-order chi connectivity index (χ1) is 10.4. The molecule has 2 aromatic rings. The minimum Gasteiger partial charge on any atom is -0.371 e. The predicted molar refractivity (Wildman–Crippen MR) is 76.3 cm³/mol. The largest absolute Gasteiger partial charge is 0.371 e. The number of carbonyl (C=O) groups excluding carboxylic acids is 1.